The Balaban J connectivity index is 1.40. The van der Waals surface area contributed by atoms with Gasteiger partial charge in [-0.25, -0.2) is 4.79 Å². The molecule has 26 heavy (non-hydrogen) atoms. The van der Waals surface area contributed by atoms with Gasteiger partial charge in [0.25, 0.3) is 5.91 Å². The van der Waals surface area contributed by atoms with Crippen molar-refractivity contribution in [3.05, 3.63) is 21.9 Å². The highest BCUT2D eigenvalue weighted by Gasteiger charge is 2.34. The minimum Gasteiger partial charge on any atom is -0.448 e. The number of hydrogen-bond acceptors (Lipinski definition) is 5. The Kier molecular flexibility index (Phi) is 4.84. The zero-order valence-electron chi connectivity index (χ0n) is 14.6. The van der Waals surface area contributed by atoms with Crippen molar-refractivity contribution < 1.29 is 19.1 Å². The van der Waals surface area contributed by atoms with Gasteiger partial charge in [0.1, 0.15) is 13.2 Å². The molecule has 0 aromatic carbocycles. The Labute approximate surface area is 156 Å². The van der Waals surface area contributed by atoms with Crippen LogP contribution in [0.2, 0.25) is 0 Å². The molecule has 2 saturated heterocycles. The number of nitrogens with zero attached hydrogens (tertiary/aromatic N) is 2. The number of cyclic esters (lactones) is 1. The normalized spacial score (nSPS) is 23.1. The lowest BCUT2D eigenvalue weighted by Gasteiger charge is -2.26. The molecule has 1 N–H and O–H groups in total. The van der Waals surface area contributed by atoms with Crippen molar-refractivity contribution in [3.63, 3.8) is 0 Å². The minimum absolute atomic E-state index is 0.00336. The van der Waals surface area contributed by atoms with Crippen molar-refractivity contribution in [2.45, 2.75) is 44.2 Å². The van der Waals surface area contributed by atoms with E-state index in [4.69, 9.17) is 4.74 Å². The lowest BCUT2D eigenvalue weighted by Crippen LogP contribution is -2.40. The van der Waals surface area contributed by atoms with E-state index in [9.17, 15) is 14.4 Å². The molecule has 0 radical (unpaired) electrons. The maximum atomic E-state index is 12.7. The maximum absolute atomic E-state index is 12.7. The largest absolute Gasteiger partial charge is 0.448 e. The van der Waals surface area contributed by atoms with Gasteiger partial charge in [-0.3, -0.25) is 14.5 Å². The number of thiophene rings is 1. The molecule has 3 heterocycles. The van der Waals surface area contributed by atoms with Gasteiger partial charge in [0.05, 0.1) is 17.5 Å². The third kappa shape index (κ3) is 3.42. The zero-order valence-corrected chi connectivity index (χ0v) is 15.4. The third-order valence-electron chi connectivity index (χ3n) is 5.36. The molecule has 8 heteroatoms. The summed E-state index contributed by atoms with van der Waals surface area (Å²) >= 11 is 1.47. The first-order valence-corrected chi connectivity index (χ1v) is 10.1. The van der Waals surface area contributed by atoms with Crippen LogP contribution in [0.15, 0.2) is 12.1 Å². The summed E-state index contributed by atoms with van der Waals surface area (Å²) in [5.41, 5.74) is 0. The van der Waals surface area contributed by atoms with Crippen LogP contribution in [-0.4, -0.2) is 60.0 Å². The van der Waals surface area contributed by atoms with Crippen LogP contribution >= 0.6 is 11.3 Å². The van der Waals surface area contributed by atoms with Gasteiger partial charge in [-0.05, 0) is 44.2 Å². The molecule has 0 unspecified atom stereocenters. The topological polar surface area (TPSA) is 79.0 Å². The Morgan fingerprint density at radius 2 is 2.04 bits per heavy atom. The highest BCUT2D eigenvalue weighted by atomic mass is 32.1. The molecular formula is C18H23N3O4S. The molecule has 140 valence electrons. The van der Waals surface area contributed by atoms with Crippen molar-refractivity contribution in [1.29, 1.82) is 0 Å². The van der Waals surface area contributed by atoms with Gasteiger partial charge in [-0.2, -0.15) is 0 Å². The fraction of sp³-hybridized carbons (Fsp3) is 0.611. The number of carbonyl (C=O) groups is 3. The first-order valence-electron chi connectivity index (χ1n) is 9.23. The van der Waals surface area contributed by atoms with Crippen LogP contribution in [0.5, 0.6) is 0 Å². The fourth-order valence-electron chi connectivity index (χ4n) is 3.65. The van der Waals surface area contributed by atoms with E-state index in [0.29, 0.717) is 30.6 Å². The van der Waals surface area contributed by atoms with Crippen LogP contribution < -0.4 is 5.32 Å². The summed E-state index contributed by atoms with van der Waals surface area (Å²) in [7, 11) is 0. The third-order valence-corrected chi connectivity index (χ3v) is 6.55. The molecule has 4 rings (SSSR count). The minimum atomic E-state index is -0.417. The zero-order chi connectivity index (χ0) is 18.1. The SMILES string of the molecule is O=C(NC1CCC1)c1ccc([C@H]2CCCN2C(=O)CN2CCOC2=O)s1. The van der Waals surface area contributed by atoms with Crippen LogP contribution in [0.4, 0.5) is 4.79 Å². The van der Waals surface area contributed by atoms with Gasteiger partial charge in [0.15, 0.2) is 0 Å². The number of rotatable bonds is 5. The lowest BCUT2D eigenvalue weighted by atomic mass is 9.93. The Morgan fingerprint density at radius 1 is 1.19 bits per heavy atom. The van der Waals surface area contributed by atoms with Crippen molar-refractivity contribution >= 4 is 29.2 Å². The quantitative estimate of drug-likeness (QED) is 0.853. The van der Waals surface area contributed by atoms with Crippen LogP contribution in [0, 0.1) is 0 Å². The summed E-state index contributed by atoms with van der Waals surface area (Å²) in [6.07, 6.45) is 4.72. The first kappa shape index (κ1) is 17.3. The molecule has 1 aromatic rings. The maximum Gasteiger partial charge on any atom is 0.410 e. The van der Waals surface area contributed by atoms with Crippen molar-refractivity contribution in [2.75, 3.05) is 26.2 Å². The van der Waals surface area contributed by atoms with Crippen molar-refractivity contribution in [1.82, 2.24) is 15.1 Å². The molecule has 1 atom stereocenters. The molecule has 1 aliphatic carbocycles. The number of hydrogen-bond donors (Lipinski definition) is 1. The molecule has 3 amide bonds. The predicted octanol–water partition coefficient (Wildman–Crippen LogP) is 2.15. The van der Waals surface area contributed by atoms with E-state index in [1.54, 1.807) is 0 Å². The second kappa shape index (κ2) is 7.26. The molecule has 7 nitrogen and oxygen atoms in total. The molecule has 3 fully saturated rings. The molecule has 0 bridgehead atoms. The monoisotopic (exact) mass is 377 g/mol. The Bertz CT molecular complexity index is 715. The van der Waals surface area contributed by atoms with Crippen LogP contribution in [-0.2, 0) is 9.53 Å². The molecule has 1 saturated carbocycles. The number of amides is 3. The highest BCUT2D eigenvalue weighted by molar-refractivity contribution is 7.14. The average molecular weight is 377 g/mol. The molecular weight excluding hydrogens is 354 g/mol. The summed E-state index contributed by atoms with van der Waals surface area (Å²) in [5, 5.41) is 3.06. The summed E-state index contributed by atoms with van der Waals surface area (Å²) in [5.74, 6) is -0.0677. The predicted molar refractivity (Wildman–Crippen MR) is 96.0 cm³/mol. The smallest absolute Gasteiger partial charge is 0.410 e. The second-order valence-electron chi connectivity index (χ2n) is 7.08. The average Bonchev–Trinajstić information content (AvgIpc) is 3.31. The summed E-state index contributed by atoms with van der Waals surface area (Å²) in [4.78, 5) is 41.6. The van der Waals surface area contributed by atoms with Gasteiger partial charge < -0.3 is 15.0 Å². The standard InChI is InChI=1S/C18H23N3O4S/c22-16(11-20-9-10-25-18(20)24)21-8-2-5-13(21)14-6-7-15(26-14)17(23)19-12-3-1-4-12/h6-7,12-13H,1-5,8-11H2,(H,19,23)/t13-/m1/s1. The fourth-order valence-corrected chi connectivity index (χ4v) is 4.71. The Morgan fingerprint density at radius 3 is 2.73 bits per heavy atom. The van der Waals surface area contributed by atoms with E-state index in [2.05, 4.69) is 5.32 Å². The van der Waals surface area contributed by atoms with E-state index < -0.39 is 6.09 Å². The van der Waals surface area contributed by atoms with E-state index in [0.717, 1.165) is 30.6 Å². The number of nitrogens with one attached hydrogen (secondary N) is 1. The van der Waals surface area contributed by atoms with Crippen LogP contribution in [0.3, 0.4) is 0 Å². The van der Waals surface area contributed by atoms with Gasteiger partial charge in [-0.1, -0.05) is 0 Å². The Hall–Kier alpha value is -2.09. The summed E-state index contributed by atoms with van der Waals surface area (Å²) in [6, 6.07) is 4.13. The van der Waals surface area contributed by atoms with E-state index in [-0.39, 0.29) is 24.4 Å². The number of likely N-dealkylation sites (tertiary alicyclic amines) is 1. The molecule has 1 aromatic heterocycles. The highest BCUT2D eigenvalue weighted by Crippen LogP contribution is 2.36. The number of ether oxygens (including phenoxy) is 1. The van der Waals surface area contributed by atoms with Crippen LogP contribution in [0.1, 0.15) is 52.7 Å². The first-order chi connectivity index (χ1) is 12.6. The molecule has 2 aliphatic heterocycles. The lowest BCUT2D eigenvalue weighted by molar-refractivity contribution is -0.132. The molecule has 0 spiro atoms. The van der Waals surface area contributed by atoms with Gasteiger partial charge in [-0.15, -0.1) is 11.3 Å². The summed E-state index contributed by atoms with van der Waals surface area (Å²) < 4.78 is 4.89. The second-order valence-corrected chi connectivity index (χ2v) is 8.20. The van der Waals surface area contributed by atoms with E-state index in [1.165, 1.54) is 22.7 Å². The van der Waals surface area contributed by atoms with Crippen LogP contribution in [0.25, 0.3) is 0 Å². The number of carbonyl (C=O) groups excluding carboxylic acids is 3. The molecule has 3 aliphatic rings. The van der Waals surface area contributed by atoms with Crippen molar-refractivity contribution in [3.8, 4) is 0 Å². The summed E-state index contributed by atoms with van der Waals surface area (Å²) in [6.45, 7) is 1.57. The van der Waals surface area contributed by atoms with Gasteiger partial charge >= 0.3 is 6.09 Å². The van der Waals surface area contributed by atoms with Gasteiger partial charge in [0.2, 0.25) is 5.91 Å². The van der Waals surface area contributed by atoms with E-state index in [1.807, 2.05) is 17.0 Å². The van der Waals surface area contributed by atoms with Crippen molar-refractivity contribution in [2.24, 2.45) is 0 Å². The van der Waals surface area contributed by atoms with Gasteiger partial charge in [0, 0.05) is 17.5 Å². The van der Waals surface area contributed by atoms with E-state index >= 15 is 0 Å².